The molecule has 0 saturated carbocycles. The van der Waals surface area contributed by atoms with Gasteiger partial charge in [0, 0.05) is 0 Å². The fraction of sp³-hybridized carbons (Fsp3) is 1.00. The largest absolute Gasteiger partial charge is 0.332 e. The summed E-state index contributed by atoms with van der Waals surface area (Å²) in [5, 5.41) is 0. The van der Waals surface area contributed by atoms with E-state index in [0.717, 1.165) is 26.1 Å². The third kappa shape index (κ3) is 28.4. The van der Waals surface area contributed by atoms with Gasteiger partial charge in [-0.25, -0.2) is 0 Å². The minimum atomic E-state index is -1.20. The summed E-state index contributed by atoms with van der Waals surface area (Å²) in [6.07, 6.45) is 26.9. The van der Waals surface area contributed by atoms with Crippen LogP contribution in [0, 0.1) is 5.41 Å². The van der Waals surface area contributed by atoms with Gasteiger partial charge in [-0.15, -0.1) is 0 Å². The standard InChI is InChI=1S/C29H61O3P/c1-6-8-10-12-14-16-18-20-22-24-26-30-33(32-28-29(3,4)5)31-27-25-23-21-19-17-15-13-11-9-7-2/h6-28H2,1-5H3. The average Bonchev–Trinajstić information content (AvgIpc) is 2.78. The lowest BCUT2D eigenvalue weighted by Crippen LogP contribution is -2.14. The van der Waals surface area contributed by atoms with Gasteiger partial charge in [-0.05, 0) is 18.3 Å². The van der Waals surface area contributed by atoms with E-state index in [-0.39, 0.29) is 5.41 Å². The maximum atomic E-state index is 6.02. The van der Waals surface area contributed by atoms with Crippen LogP contribution in [0.5, 0.6) is 0 Å². The first-order valence-electron chi connectivity index (χ1n) is 14.7. The van der Waals surface area contributed by atoms with Crippen molar-refractivity contribution < 1.29 is 13.6 Å². The fourth-order valence-corrected chi connectivity index (χ4v) is 5.09. The van der Waals surface area contributed by atoms with Crippen LogP contribution >= 0.6 is 8.60 Å². The summed E-state index contributed by atoms with van der Waals surface area (Å²) in [5.41, 5.74) is 0.140. The van der Waals surface area contributed by atoms with Crippen LogP contribution in [0.25, 0.3) is 0 Å². The van der Waals surface area contributed by atoms with Crippen LogP contribution in [-0.4, -0.2) is 19.8 Å². The fourth-order valence-electron chi connectivity index (χ4n) is 3.82. The van der Waals surface area contributed by atoms with Gasteiger partial charge in [0.05, 0.1) is 19.8 Å². The molecule has 0 heterocycles. The highest BCUT2D eigenvalue weighted by atomic mass is 31.2. The lowest BCUT2D eigenvalue weighted by molar-refractivity contribution is 0.121. The zero-order chi connectivity index (χ0) is 24.5. The highest BCUT2D eigenvalue weighted by Gasteiger charge is 2.18. The van der Waals surface area contributed by atoms with Crippen molar-refractivity contribution in [1.82, 2.24) is 0 Å². The summed E-state index contributed by atoms with van der Waals surface area (Å²) in [6, 6.07) is 0. The quantitative estimate of drug-likeness (QED) is 0.0894. The minimum Gasteiger partial charge on any atom is -0.312 e. The molecule has 0 aromatic carbocycles. The first kappa shape index (κ1) is 33.3. The molecular formula is C29H61O3P. The van der Waals surface area contributed by atoms with Gasteiger partial charge in [0.15, 0.2) is 0 Å². The van der Waals surface area contributed by atoms with Gasteiger partial charge in [0.1, 0.15) is 0 Å². The van der Waals surface area contributed by atoms with Crippen LogP contribution in [0.1, 0.15) is 163 Å². The first-order valence-corrected chi connectivity index (χ1v) is 15.8. The van der Waals surface area contributed by atoms with E-state index in [1.54, 1.807) is 0 Å². The molecule has 0 aliphatic carbocycles. The molecule has 0 aromatic rings. The Morgan fingerprint density at radius 2 is 0.727 bits per heavy atom. The number of hydrogen-bond donors (Lipinski definition) is 0. The summed E-state index contributed by atoms with van der Waals surface area (Å²) >= 11 is 0. The van der Waals surface area contributed by atoms with Gasteiger partial charge in [-0.3, -0.25) is 0 Å². The van der Waals surface area contributed by atoms with E-state index >= 15 is 0 Å². The van der Waals surface area contributed by atoms with E-state index in [4.69, 9.17) is 13.6 Å². The molecule has 0 aromatic heterocycles. The second kappa shape index (κ2) is 25.4. The van der Waals surface area contributed by atoms with E-state index in [0.29, 0.717) is 6.61 Å². The Hall–Kier alpha value is 0.310. The predicted molar refractivity (Wildman–Crippen MR) is 148 cm³/mol. The van der Waals surface area contributed by atoms with Gasteiger partial charge < -0.3 is 13.6 Å². The molecule has 0 aliphatic rings. The van der Waals surface area contributed by atoms with Crippen LogP contribution < -0.4 is 0 Å². The zero-order valence-corrected chi connectivity index (χ0v) is 24.3. The zero-order valence-electron chi connectivity index (χ0n) is 23.4. The molecule has 0 bridgehead atoms. The van der Waals surface area contributed by atoms with Crippen LogP contribution in [0.3, 0.4) is 0 Å². The topological polar surface area (TPSA) is 27.7 Å². The molecule has 0 spiro atoms. The van der Waals surface area contributed by atoms with Crippen molar-refractivity contribution in [2.24, 2.45) is 5.41 Å². The summed E-state index contributed by atoms with van der Waals surface area (Å²) < 4.78 is 18.1. The number of rotatable bonds is 26. The molecule has 4 heteroatoms. The van der Waals surface area contributed by atoms with Gasteiger partial charge in [0.25, 0.3) is 0 Å². The lowest BCUT2D eigenvalue weighted by Gasteiger charge is -2.22. The SMILES string of the molecule is CCCCCCCCCCCCOP(OCCCCCCCCCCCC)OCC(C)(C)C. The van der Waals surface area contributed by atoms with E-state index in [1.165, 1.54) is 116 Å². The molecule has 0 rings (SSSR count). The van der Waals surface area contributed by atoms with E-state index in [1.807, 2.05) is 0 Å². The smallest absolute Gasteiger partial charge is 0.312 e. The van der Waals surface area contributed by atoms with Gasteiger partial charge in [-0.1, -0.05) is 150 Å². The van der Waals surface area contributed by atoms with Crippen LogP contribution in [0.4, 0.5) is 0 Å². The van der Waals surface area contributed by atoms with E-state index in [9.17, 15) is 0 Å². The second-order valence-electron chi connectivity index (χ2n) is 11.1. The Morgan fingerprint density at radius 3 is 1.03 bits per heavy atom. The van der Waals surface area contributed by atoms with Crippen LogP contribution in [0.15, 0.2) is 0 Å². The summed E-state index contributed by atoms with van der Waals surface area (Å²) in [4.78, 5) is 0. The monoisotopic (exact) mass is 488 g/mol. The van der Waals surface area contributed by atoms with Crippen molar-refractivity contribution in [3.8, 4) is 0 Å². The van der Waals surface area contributed by atoms with Crippen molar-refractivity contribution >= 4 is 8.60 Å². The normalized spacial score (nSPS) is 12.2. The number of unbranched alkanes of at least 4 members (excludes halogenated alkanes) is 18. The molecule has 33 heavy (non-hydrogen) atoms. The molecule has 0 aliphatic heterocycles. The highest BCUT2D eigenvalue weighted by molar-refractivity contribution is 7.41. The molecule has 0 unspecified atom stereocenters. The molecular weight excluding hydrogens is 427 g/mol. The Morgan fingerprint density at radius 1 is 0.424 bits per heavy atom. The summed E-state index contributed by atoms with van der Waals surface area (Å²) in [6.45, 7) is 13.4. The predicted octanol–water partition coefficient (Wildman–Crippen LogP) is 11.2. The third-order valence-corrected chi connectivity index (χ3v) is 7.12. The lowest BCUT2D eigenvalue weighted by atomic mass is 9.99. The molecule has 0 fully saturated rings. The molecule has 3 nitrogen and oxygen atoms in total. The average molecular weight is 489 g/mol. The molecule has 0 atom stereocenters. The van der Waals surface area contributed by atoms with Crippen molar-refractivity contribution in [3.05, 3.63) is 0 Å². The second-order valence-corrected chi connectivity index (χ2v) is 12.3. The molecule has 0 N–H and O–H groups in total. The van der Waals surface area contributed by atoms with Crippen LogP contribution in [0.2, 0.25) is 0 Å². The summed E-state index contributed by atoms with van der Waals surface area (Å²) in [5.74, 6) is 0. The van der Waals surface area contributed by atoms with Gasteiger partial charge >= 0.3 is 8.60 Å². The molecule has 0 saturated heterocycles. The van der Waals surface area contributed by atoms with Crippen molar-refractivity contribution in [1.29, 1.82) is 0 Å². The summed E-state index contributed by atoms with van der Waals surface area (Å²) in [7, 11) is -1.20. The molecule has 200 valence electrons. The Kier molecular flexibility index (Phi) is 25.6. The van der Waals surface area contributed by atoms with E-state index in [2.05, 4.69) is 34.6 Å². The van der Waals surface area contributed by atoms with E-state index < -0.39 is 8.60 Å². The van der Waals surface area contributed by atoms with Crippen molar-refractivity contribution in [2.75, 3.05) is 19.8 Å². The van der Waals surface area contributed by atoms with Gasteiger partial charge in [-0.2, -0.15) is 0 Å². The third-order valence-electron chi connectivity index (χ3n) is 5.99. The van der Waals surface area contributed by atoms with Crippen molar-refractivity contribution in [3.63, 3.8) is 0 Å². The highest BCUT2D eigenvalue weighted by Crippen LogP contribution is 2.41. The first-order chi connectivity index (χ1) is 16.0. The molecule has 0 radical (unpaired) electrons. The maximum absolute atomic E-state index is 6.02. The maximum Gasteiger partial charge on any atom is 0.332 e. The Bertz CT molecular complexity index is 344. The molecule has 0 amide bonds. The Labute approximate surface area is 210 Å². The number of hydrogen-bond acceptors (Lipinski definition) is 3. The van der Waals surface area contributed by atoms with Crippen molar-refractivity contribution in [2.45, 2.75) is 163 Å². The minimum absolute atomic E-state index is 0.140. The van der Waals surface area contributed by atoms with Gasteiger partial charge in [0.2, 0.25) is 0 Å². The Balaban J connectivity index is 3.74. The van der Waals surface area contributed by atoms with Crippen LogP contribution in [-0.2, 0) is 13.6 Å².